The van der Waals surface area contributed by atoms with Gasteiger partial charge in [-0.3, -0.25) is 0 Å². The number of aromatic carboxylic acids is 1. The zero-order valence-corrected chi connectivity index (χ0v) is 14.0. The fourth-order valence-corrected chi connectivity index (χ4v) is 4.96. The average molecular weight is 359 g/mol. The molecule has 4 aromatic rings. The van der Waals surface area contributed by atoms with Crippen molar-refractivity contribution in [1.29, 1.82) is 0 Å². The molecule has 0 saturated heterocycles. The highest BCUT2D eigenvalue weighted by Crippen LogP contribution is 2.32. The number of thiazole rings is 1. The molecule has 3 aromatic heterocycles. The normalized spacial score (nSPS) is 11.3. The van der Waals surface area contributed by atoms with E-state index in [1.165, 1.54) is 29.0 Å². The number of nitrogens with zero attached hydrogens (tertiary/aromatic N) is 3. The SMILES string of the molecule is O=C(O)c1c(Cn2c(=S)sc3ccccc32)sc2ncncc12. The molecule has 0 bridgehead atoms. The van der Waals surface area contributed by atoms with Gasteiger partial charge in [0, 0.05) is 16.5 Å². The van der Waals surface area contributed by atoms with Crippen LogP contribution in [0.5, 0.6) is 0 Å². The smallest absolute Gasteiger partial charge is 0.337 e. The number of rotatable bonds is 3. The topological polar surface area (TPSA) is 68.0 Å². The maximum Gasteiger partial charge on any atom is 0.337 e. The van der Waals surface area contributed by atoms with Crippen molar-refractivity contribution in [3.05, 3.63) is 51.2 Å². The molecule has 4 rings (SSSR count). The highest BCUT2D eigenvalue weighted by molar-refractivity contribution is 7.73. The Bertz CT molecular complexity index is 1110. The third kappa shape index (κ3) is 2.35. The lowest BCUT2D eigenvalue weighted by molar-refractivity contribution is 0.0698. The summed E-state index contributed by atoms with van der Waals surface area (Å²) in [6, 6.07) is 7.93. The first-order chi connectivity index (χ1) is 11.1. The molecule has 0 amide bonds. The van der Waals surface area contributed by atoms with Gasteiger partial charge in [-0.1, -0.05) is 12.1 Å². The van der Waals surface area contributed by atoms with Crippen molar-refractivity contribution in [3.8, 4) is 0 Å². The lowest BCUT2D eigenvalue weighted by atomic mass is 10.2. The summed E-state index contributed by atoms with van der Waals surface area (Å²) < 4.78 is 3.79. The quantitative estimate of drug-likeness (QED) is 0.556. The van der Waals surface area contributed by atoms with Gasteiger partial charge in [-0.05, 0) is 24.4 Å². The zero-order chi connectivity index (χ0) is 16.0. The second-order valence-electron chi connectivity index (χ2n) is 4.87. The molecule has 1 N–H and O–H groups in total. The number of aromatic nitrogens is 3. The summed E-state index contributed by atoms with van der Waals surface area (Å²) in [4.78, 5) is 21.2. The van der Waals surface area contributed by atoms with Gasteiger partial charge in [0.15, 0.2) is 3.95 Å². The minimum Gasteiger partial charge on any atom is -0.478 e. The zero-order valence-electron chi connectivity index (χ0n) is 11.6. The van der Waals surface area contributed by atoms with E-state index in [1.807, 2.05) is 28.8 Å². The Morgan fingerprint density at radius 3 is 2.96 bits per heavy atom. The molecule has 0 aliphatic heterocycles. The van der Waals surface area contributed by atoms with Gasteiger partial charge in [-0.15, -0.1) is 22.7 Å². The molecule has 0 saturated carbocycles. The summed E-state index contributed by atoms with van der Waals surface area (Å²) in [5, 5.41) is 10.2. The van der Waals surface area contributed by atoms with Gasteiger partial charge in [0.05, 0.1) is 22.3 Å². The van der Waals surface area contributed by atoms with Crippen LogP contribution in [0, 0.1) is 3.95 Å². The number of hydrogen-bond donors (Lipinski definition) is 1. The van der Waals surface area contributed by atoms with E-state index in [9.17, 15) is 9.90 Å². The molecule has 0 aliphatic carbocycles. The summed E-state index contributed by atoms with van der Waals surface area (Å²) in [6.45, 7) is 0.422. The first-order valence-corrected chi connectivity index (χ1v) is 8.72. The molecule has 0 fully saturated rings. The van der Waals surface area contributed by atoms with Crippen LogP contribution < -0.4 is 0 Å². The minimum atomic E-state index is -0.966. The lowest BCUT2D eigenvalue weighted by Gasteiger charge is -2.04. The molecule has 0 spiro atoms. The molecule has 5 nitrogen and oxygen atoms in total. The lowest BCUT2D eigenvalue weighted by Crippen LogP contribution is -2.04. The van der Waals surface area contributed by atoms with Crippen molar-refractivity contribution < 1.29 is 9.90 Å². The highest BCUT2D eigenvalue weighted by atomic mass is 32.1. The number of hydrogen-bond acceptors (Lipinski definition) is 6. The molecule has 0 aliphatic rings. The largest absolute Gasteiger partial charge is 0.478 e. The maximum atomic E-state index is 11.7. The van der Waals surface area contributed by atoms with Gasteiger partial charge in [0.25, 0.3) is 0 Å². The summed E-state index contributed by atoms with van der Waals surface area (Å²) in [7, 11) is 0. The predicted molar refractivity (Wildman–Crippen MR) is 94.1 cm³/mol. The number of carboxylic acid groups (broad SMARTS) is 1. The van der Waals surface area contributed by atoms with Gasteiger partial charge in [0.1, 0.15) is 11.2 Å². The Labute approximate surface area is 143 Å². The van der Waals surface area contributed by atoms with Crippen molar-refractivity contribution in [2.75, 3.05) is 0 Å². The molecule has 0 atom stereocenters. The summed E-state index contributed by atoms with van der Waals surface area (Å²) in [6.07, 6.45) is 2.98. The van der Waals surface area contributed by atoms with Crippen LogP contribution in [0.1, 0.15) is 15.2 Å². The average Bonchev–Trinajstić information content (AvgIpc) is 3.05. The number of benzene rings is 1. The third-order valence-corrected chi connectivity index (χ3v) is 6.06. The first kappa shape index (κ1) is 14.4. The number of thiophene rings is 1. The molecule has 114 valence electrons. The van der Waals surface area contributed by atoms with Gasteiger partial charge < -0.3 is 9.67 Å². The fourth-order valence-electron chi connectivity index (χ4n) is 2.54. The van der Waals surface area contributed by atoms with Gasteiger partial charge in [-0.25, -0.2) is 14.8 Å². The van der Waals surface area contributed by atoms with Gasteiger partial charge in [0.2, 0.25) is 0 Å². The predicted octanol–water partition coefficient (Wildman–Crippen LogP) is 4.18. The van der Waals surface area contributed by atoms with Gasteiger partial charge in [-0.2, -0.15) is 0 Å². The molecular weight excluding hydrogens is 350 g/mol. The fraction of sp³-hybridized carbons (Fsp3) is 0.0667. The van der Waals surface area contributed by atoms with Crippen LogP contribution in [0.4, 0.5) is 0 Å². The Morgan fingerprint density at radius 2 is 2.13 bits per heavy atom. The monoisotopic (exact) mass is 359 g/mol. The van der Waals surface area contributed by atoms with E-state index in [4.69, 9.17) is 12.2 Å². The van der Waals surface area contributed by atoms with Crippen LogP contribution in [-0.2, 0) is 6.54 Å². The van der Waals surface area contributed by atoms with Crippen LogP contribution in [0.2, 0.25) is 0 Å². The van der Waals surface area contributed by atoms with E-state index in [0.29, 0.717) is 16.8 Å². The van der Waals surface area contributed by atoms with Crippen molar-refractivity contribution in [2.45, 2.75) is 6.54 Å². The second kappa shape index (κ2) is 5.48. The molecule has 1 aromatic carbocycles. The highest BCUT2D eigenvalue weighted by Gasteiger charge is 2.20. The number of fused-ring (bicyclic) bond motifs is 2. The molecule has 0 unspecified atom stereocenters. The van der Waals surface area contributed by atoms with Crippen LogP contribution in [0.25, 0.3) is 20.4 Å². The van der Waals surface area contributed by atoms with Crippen molar-refractivity contribution in [1.82, 2.24) is 14.5 Å². The standard InChI is InChI=1S/C15H9N3O2S3/c19-14(20)12-8-5-16-7-17-13(8)22-11(12)6-18-9-3-1-2-4-10(9)23-15(18)21/h1-5,7H,6H2,(H,19,20). The first-order valence-electron chi connectivity index (χ1n) is 6.68. The Kier molecular flexibility index (Phi) is 3.44. The summed E-state index contributed by atoms with van der Waals surface area (Å²) >= 11 is 8.35. The Hall–Kier alpha value is -2.16. The molecule has 0 radical (unpaired) electrons. The minimum absolute atomic E-state index is 0.266. The van der Waals surface area contributed by atoms with E-state index in [2.05, 4.69) is 9.97 Å². The number of para-hydroxylation sites is 1. The molecule has 23 heavy (non-hydrogen) atoms. The van der Waals surface area contributed by atoms with Crippen LogP contribution in [0.3, 0.4) is 0 Å². The Balaban J connectivity index is 1.93. The van der Waals surface area contributed by atoms with E-state index >= 15 is 0 Å². The Morgan fingerprint density at radius 1 is 1.30 bits per heavy atom. The summed E-state index contributed by atoms with van der Waals surface area (Å²) in [5.74, 6) is -0.966. The van der Waals surface area contributed by atoms with Crippen LogP contribution >= 0.6 is 34.9 Å². The van der Waals surface area contributed by atoms with E-state index < -0.39 is 5.97 Å². The summed E-state index contributed by atoms with van der Waals surface area (Å²) in [5.41, 5.74) is 1.28. The van der Waals surface area contributed by atoms with Gasteiger partial charge >= 0.3 is 5.97 Å². The number of carbonyl (C=O) groups is 1. The van der Waals surface area contributed by atoms with Crippen LogP contribution in [-0.4, -0.2) is 25.6 Å². The van der Waals surface area contributed by atoms with Crippen molar-refractivity contribution >= 4 is 61.3 Å². The molecule has 8 heteroatoms. The maximum absolute atomic E-state index is 11.7. The van der Waals surface area contributed by atoms with Crippen LogP contribution in [0.15, 0.2) is 36.8 Å². The number of carboxylic acids is 1. The van der Waals surface area contributed by atoms with E-state index in [0.717, 1.165) is 19.0 Å². The second-order valence-corrected chi connectivity index (χ2v) is 7.63. The molecular formula is C15H9N3O2S3. The van der Waals surface area contributed by atoms with E-state index in [-0.39, 0.29) is 5.56 Å². The third-order valence-electron chi connectivity index (χ3n) is 3.53. The van der Waals surface area contributed by atoms with Crippen molar-refractivity contribution in [3.63, 3.8) is 0 Å². The van der Waals surface area contributed by atoms with E-state index in [1.54, 1.807) is 6.20 Å². The molecule has 3 heterocycles. The van der Waals surface area contributed by atoms with Crippen molar-refractivity contribution in [2.24, 2.45) is 0 Å².